The Bertz CT molecular complexity index is 611. The predicted octanol–water partition coefficient (Wildman–Crippen LogP) is 4.48. The van der Waals surface area contributed by atoms with Crippen molar-refractivity contribution in [1.82, 2.24) is 4.90 Å². The minimum Gasteiger partial charge on any atom is -0.492 e. The molecule has 28 heavy (non-hydrogen) atoms. The molecule has 156 valence electrons. The number of ether oxygens (including phenoxy) is 2. The van der Waals surface area contributed by atoms with Crippen LogP contribution in [0, 0.1) is 5.92 Å². The van der Waals surface area contributed by atoms with Gasteiger partial charge in [0.05, 0.1) is 0 Å². The fraction of sp³-hybridized carbons (Fsp3) is 0.696. The standard InChI is InChI=1S/C23H36N2O3/c1-19-8-7-13-23(18-19,27-2)22(26)24-20-9-11-21(12-10-20)28-17-16-25-14-5-3-4-6-15-25/h9-12,19H,3-8,13-18H2,1-2H3,(H,24,26)/t19-,23+/m0/s1. The summed E-state index contributed by atoms with van der Waals surface area (Å²) in [6.07, 6.45) is 9.09. The van der Waals surface area contributed by atoms with Crippen molar-refractivity contribution >= 4 is 11.6 Å². The first-order chi connectivity index (χ1) is 13.6. The number of carbonyl (C=O) groups is 1. The van der Waals surface area contributed by atoms with Crippen LogP contribution in [0.25, 0.3) is 0 Å². The number of rotatable bonds is 7. The van der Waals surface area contributed by atoms with Crippen LogP contribution in [0.5, 0.6) is 5.75 Å². The van der Waals surface area contributed by atoms with Crippen molar-refractivity contribution < 1.29 is 14.3 Å². The lowest BCUT2D eigenvalue weighted by Crippen LogP contribution is -2.47. The summed E-state index contributed by atoms with van der Waals surface area (Å²) < 4.78 is 11.6. The second-order valence-electron chi connectivity index (χ2n) is 8.48. The number of hydrogen-bond acceptors (Lipinski definition) is 4. The van der Waals surface area contributed by atoms with Crippen LogP contribution in [-0.2, 0) is 9.53 Å². The molecule has 2 atom stereocenters. The maximum atomic E-state index is 12.9. The van der Waals surface area contributed by atoms with Gasteiger partial charge >= 0.3 is 0 Å². The number of nitrogens with zero attached hydrogens (tertiary/aromatic N) is 1. The molecule has 1 heterocycles. The van der Waals surface area contributed by atoms with E-state index in [9.17, 15) is 4.79 Å². The molecule has 1 aromatic carbocycles. The van der Waals surface area contributed by atoms with E-state index < -0.39 is 5.60 Å². The number of benzene rings is 1. The molecule has 0 spiro atoms. The average Bonchev–Trinajstić information content (AvgIpc) is 2.98. The fourth-order valence-electron chi connectivity index (χ4n) is 4.52. The summed E-state index contributed by atoms with van der Waals surface area (Å²) in [6, 6.07) is 7.69. The molecule has 1 saturated heterocycles. The van der Waals surface area contributed by atoms with E-state index in [1.165, 1.54) is 45.2 Å². The largest absolute Gasteiger partial charge is 0.492 e. The van der Waals surface area contributed by atoms with E-state index in [1.54, 1.807) is 7.11 Å². The molecule has 1 aliphatic heterocycles. The monoisotopic (exact) mass is 388 g/mol. The van der Waals surface area contributed by atoms with Gasteiger partial charge in [0.25, 0.3) is 5.91 Å². The minimum absolute atomic E-state index is 0.0311. The molecule has 1 amide bonds. The summed E-state index contributed by atoms with van der Waals surface area (Å²) in [7, 11) is 1.65. The summed E-state index contributed by atoms with van der Waals surface area (Å²) in [4.78, 5) is 15.4. The topological polar surface area (TPSA) is 50.8 Å². The van der Waals surface area contributed by atoms with Gasteiger partial charge in [-0.3, -0.25) is 9.69 Å². The number of hydrogen-bond donors (Lipinski definition) is 1. The summed E-state index contributed by atoms with van der Waals surface area (Å²) in [6.45, 7) is 6.25. The first kappa shape index (κ1) is 21.1. The van der Waals surface area contributed by atoms with Crippen LogP contribution < -0.4 is 10.1 Å². The molecule has 0 bridgehead atoms. The third-order valence-electron chi connectivity index (χ3n) is 6.25. The Hall–Kier alpha value is -1.59. The SMILES string of the molecule is CO[C@]1(C(=O)Nc2ccc(OCCN3CCCCCC3)cc2)CCC[C@H](C)C1. The van der Waals surface area contributed by atoms with Gasteiger partial charge in [0, 0.05) is 19.3 Å². The highest BCUT2D eigenvalue weighted by molar-refractivity contribution is 5.97. The molecule has 0 radical (unpaired) electrons. The Labute approximate surface area is 169 Å². The van der Waals surface area contributed by atoms with Crippen LogP contribution in [0.3, 0.4) is 0 Å². The zero-order valence-electron chi connectivity index (χ0n) is 17.5. The Morgan fingerprint density at radius 1 is 1.14 bits per heavy atom. The van der Waals surface area contributed by atoms with Gasteiger partial charge in [-0.1, -0.05) is 26.2 Å². The molecular formula is C23H36N2O3. The quantitative estimate of drug-likeness (QED) is 0.748. The number of methoxy groups -OCH3 is 1. The molecule has 5 heteroatoms. The van der Waals surface area contributed by atoms with Crippen molar-refractivity contribution in [2.24, 2.45) is 5.92 Å². The highest BCUT2D eigenvalue weighted by atomic mass is 16.5. The van der Waals surface area contributed by atoms with Crippen LogP contribution in [0.1, 0.15) is 58.3 Å². The Balaban J connectivity index is 1.47. The molecule has 1 N–H and O–H groups in total. The number of anilines is 1. The normalized spacial score (nSPS) is 26.4. The minimum atomic E-state index is -0.694. The highest BCUT2D eigenvalue weighted by Gasteiger charge is 2.41. The van der Waals surface area contributed by atoms with E-state index in [-0.39, 0.29) is 5.91 Å². The van der Waals surface area contributed by atoms with Gasteiger partial charge < -0.3 is 14.8 Å². The molecule has 5 nitrogen and oxygen atoms in total. The van der Waals surface area contributed by atoms with Crippen molar-refractivity contribution in [2.75, 3.05) is 38.7 Å². The van der Waals surface area contributed by atoms with Crippen molar-refractivity contribution in [1.29, 1.82) is 0 Å². The van der Waals surface area contributed by atoms with Gasteiger partial charge in [-0.05, 0) is 75.4 Å². The maximum absolute atomic E-state index is 12.9. The van der Waals surface area contributed by atoms with Gasteiger partial charge in [-0.15, -0.1) is 0 Å². The van der Waals surface area contributed by atoms with Crippen LogP contribution in [0.4, 0.5) is 5.69 Å². The first-order valence-corrected chi connectivity index (χ1v) is 10.9. The third kappa shape index (κ3) is 5.71. The summed E-state index contributed by atoms with van der Waals surface area (Å²) >= 11 is 0. The number of likely N-dealkylation sites (tertiary alicyclic amines) is 1. The van der Waals surface area contributed by atoms with Gasteiger partial charge in [0.2, 0.25) is 0 Å². The molecule has 2 aliphatic rings. The second kappa shape index (κ2) is 10.3. The molecule has 3 rings (SSSR count). The van der Waals surface area contributed by atoms with Gasteiger partial charge in [-0.2, -0.15) is 0 Å². The van der Waals surface area contributed by atoms with Gasteiger partial charge in [0.1, 0.15) is 18.0 Å². The Morgan fingerprint density at radius 2 is 1.86 bits per heavy atom. The summed E-state index contributed by atoms with van der Waals surface area (Å²) in [5.41, 5.74) is 0.0968. The molecule has 0 aromatic heterocycles. The van der Waals surface area contributed by atoms with Crippen LogP contribution in [0.15, 0.2) is 24.3 Å². The average molecular weight is 389 g/mol. The smallest absolute Gasteiger partial charge is 0.256 e. The van der Waals surface area contributed by atoms with Gasteiger partial charge in [-0.25, -0.2) is 0 Å². The lowest BCUT2D eigenvalue weighted by molar-refractivity contribution is -0.143. The Kier molecular flexibility index (Phi) is 7.74. The van der Waals surface area contributed by atoms with Crippen LogP contribution >= 0.6 is 0 Å². The van der Waals surface area contributed by atoms with E-state index in [2.05, 4.69) is 17.1 Å². The zero-order chi connectivity index (χ0) is 19.8. The van der Waals surface area contributed by atoms with E-state index in [0.29, 0.717) is 12.5 Å². The molecular weight excluding hydrogens is 352 g/mol. The van der Waals surface area contributed by atoms with Crippen molar-refractivity contribution in [3.05, 3.63) is 24.3 Å². The maximum Gasteiger partial charge on any atom is 0.256 e. The lowest BCUT2D eigenvalue weighted by atomic mass is 9.78. The molecule has 1 aromatic rings. The number of carbonyl (C=O) groups excluding carboxylic acids is 1. The summed E-state index contributed by atoms with van der Waals surface area (Å²) in [5, 5.41) is 3.04. The van der Waals surface area contributed by atoms with Crippen molar-refractivity contribution in [3.8, 4) is 5.75 Å². The third-order valence-corrected chi connectivity index (χ3v) is 6.25. The zero-order valence-corrected chi connectivity index (χ0v) is 17.5. The first-order valence-electron chi connectivity index (χ1n) is 10.9. The summed E-state index contributed by atoms with van der Waals surface area (Å²) in [5.74, 6) is 1.33. The van der Waals surface area contributed by atoms with E-state index in [4.69, 9.17) is 9.47 Å². The fourth-order valence-corrected chi connectivity index (χ4v) is 4.52. The van der Waals surface area contributed by atoms with Gasteiger partial charge in [0.15, 0.2) is 0 Å². The van der Waals surface area contributed by atoms with Crippen LogP contribution in [0.2, 0.25) is 0 Å². The molecule has 0 unspecified atom stereocenters. The lowest BCUT2D eigenvalue weighted by Gasteiger charge is -2.37. The van der Waals surface area contributed by atoms with E-state index in [0.717, 1.165) is 37.2 Å². The molecule has 1 saturated carbocycles. The van der Waals surface area contributed by atoms with Crippen LogP contribution in [-0.4, -0.2) is 49.8 Å². The molecule has 2 fully saturated rings. The Morgan fingerprint density at radius 3 is 2.50 bits per heavy atom. The van der Waals surface area contributed by atoms with E-state index >= 15 is 0 Å². The predicted molar refractivity (Wildman–Crippen MR) is 113 cm³/mol. The van der Waals surface area contributed by atoms with Crippen molar-refractivity contribution in [3.63, 3.8) is 0 Å². The highest BCUT2D eigenvalue weighted by Crippen LogP contribution is 2.35. The second-order valence-corrected chi connectivity index (χ2v) is 8.48. The molecule has 1 aliphatic carbocycles. The van der Waals surface area contributed by atoms with E-state index in [1.807, 2.05) is 24.3 Å². The number of amides is 1. The van der Waals surface area contributed by atoms with Crippen molar-refractivity contribution in [2.45, 2.75) is 63.9 Å². The number of nitrogens with one attached hydrogen (secondary N) is 1.